The van der Waals surface area contributed by atoms with Gasteiger partial charge >= 0.3 is 6.03 Å². The first-order chi connectivity index (χ1) is 13.6. The van der Waals surface area contributed by atoms with Crippen molar-refractivity contribution in [1.82, 2.24) is 0 Å². The van der Waals surface area contributed by atoms with Crippen molar-refractivity contribution in [3.63, 3.8) is 0 Å². The minimum Gasteiger partial charge on any atom is -0.273 e. The van der Waals surface area contributed by atoms with Gasteiger partial charge in [0.1, 0.15) is 5.41 Å². The first kappa shape index (κ1) is 19.3. The van der Waals surface area contributed by atoms with Crippen LogP contribution in [0.2, 0.25) is 0 Å². The third-order valence-corrected chi connectivity index (χ3v) is 4.83. The van der Waals surface area contributed by atoms with Crippen LogP contribution in [-0.4, -0.2) is 17.8 Å². The summed E-state index contributed by atoms with van der Waals surface area (Å²) in [5, 5.41) is 0. The number of hydrogen-bond donors (Lipinski definition) is 0. The number of anilines is 2. The average Bonchev–Trinajstić information content (AvgIpc) is 2.72. The Labute approximate surface area is 164 Å². The Morgan fingerprint density at radius 3 is 1.68 bits per heavy atom. The smallest absolute Gasteiger partial charge is 0.273 e. The predicted octanol–water partition coefficient (Wildman–Crippen LogP) is 4.72. The lowest BCUT2D eigenvalue weighted by molar-refractivity contribution is -0.140. The summed E-state index contributed by atoms with van der Waals surface area (Å²) in [6.07, 6.45) is 5.45. The van der Waals surface area contributed by atoms with Gasteiger partial charge in [0.05, 0.1) is 11.4 Å². The lowest BCUT2D eigenvalue weighted by Crippen LogP contribution is -2.65. The highest BCUT2D eigenvalue weighted by Gasteiger charge is 2.56. The molecular formula is C23H22N2O3. The molecule has 5 heteroatoms. The number of allylic oxidation sites excluding steroid dienone is 3. The summed E-state index contributed by atoms with van der Waals surface area (Å²) in [6.45, 7) is 5.57. The van der Waals surface area contributed by atoms with Gasteiger partial charge < -0.3 is 0 Å². The number of para-hydroxylation sites is 2. The second kappa shape index (κ2) is 8.05. The van der Waals surface area contributed by atoms with Gasteiger partial charge in [0.2, 0.25) is 0 Å². The Kier molecular flexibility index (Phi) is 5.54. The van der Waals surface area contributed by atoms with E-state index >= 15 is 0 Å². The fraction of sp³-hybridized carbons (Fsp3) is 0.174. The number of carbonyl (C=O) groups excluding carboxylic acids is 3. The van der Waals surface area contributed by atoms with Crippen molar-refractivity contribution in [2.75, 3.05) is 9.80 Å². The fourth-order valence-corrected chi connectivity index (χ4v) is 3.40. The van der Waals surface area contributed by atoms with Gasteiger partial charge in [0.25, 0.3) is 11.8 Å². The van der Waals surface area contributed by atoms with Crippen LogP contribution in [0.1, 0.15) is 19.8 Å². The Morgan fingerprint density at radius 1 is 0.821 bits per heavy atom. The maximum absolute atomic E-state index is 13.5. The van der Waals surface area contributed by atoms with Gasteiger partial charge in [-0.3, -0.25) is 9.59 Å². The minimum absolute atomic E-state index is 0.134. The quantitative estimate of drug-likeness (QED) is 0.543. The van der Waals surface area contributed by atoms with Gasteiger partial charge in [-0.1, -0.05) is 54.6 Å². The molecule has 0 N–H and O–H groups in total. The topological polar surface area (TPSA) is 57.7 Å². The molecule has 0 unspecified atom stereocenters. The Bertz CT molecular complexity index is 858. The van der Waals surface area contributed by atoms with Crippen LogP contribution in [0.15, 0.2) is 85.5 Å². The van der Waals surface area contributed by atoms with Crippen LogP contribution >= 0.6 is 0 Å². The molecule has 1 aliphatic heterocycles. The molecule has 2 aromatic carbocycles. The molecule has 0 radical (unpaired) electrons. The highest BCUT2D eigenvalue weighted by molar-refractivity contribution is 6.38. The fourth-order valence-electron chi connectivity index (χ4n) is 3.40. The third kappa shape index (κ3) is 3.16. The van der Waals surface area contributed by atoms with E-state index in [9.17, 15) is 14.4 Å². The van der Waals surface area contributed by atoms with E-state index in [2.05, 4.69) is 6.58 Å². The number of nitrogens with zero attached hydrogens (tertiary/aromatic N) is 2. The van der Waals surface area contributed by atoms with Gasteiger partial charge in [-0.15, -0.1) is 6.58 Å². The van der Waals surface area contributed by atoms with Crippen molar-refractivity contribution in [3.05, 3.63) is 85.5 Å². The average molecular weight is 374 g/mol. The summed E-state index contributed by atoms with van der Waals surface area (Å²) in [5.41, 5.74) is -0.562. The van der Waals surface area contributed by atoms with E-state index in [4.69, 9.17) is 0 Å². The number of barbiturate groups is 1. The lowest BCUT2D eigenvalue weighted by Gasteiger charge is -2.43. The summed E-state index contributed by atoms with van der Waals surface area (Å²) < 4.78 is 0. The Morgan fingerprint density at radius 2 is 1.29 bits per heavy atom. The van der Waals surface area contributed by atoms with Crippen LogP contribution in [0.3, 0.4) is 0 Å². The van der Waals surface area contributed by atoms with Crippen molar-refractivity contribution < 1.29 is 14.4 Å². The summed E-state index contributed by atoms with van der Waals surface area (Å²) in [7, 11) is 0. The van der Waals surface area contributed by atoms with E-state index < -0.39 is 23.3 Å². The number of benzene rings is 2. The SMILES string of the molecule is C=CCC1(C/C=C/C)C(=O)N(c2ccccc2)C(=O)N(c2ccccc2)C1=O. The summed E-state index contributed by atoms with van der Waals surface area (Å²) >= 11 is 0. The normalized spacial score (nSPS) is 16.7. The molecule has 28 heavy (non-hydrogen) atoms. The molecule has 142 valence electrons. The predicted molar refractivity (Wildman–Crippen MR) is 110 cm³/mol. The lowest BCUT2D eigenvalue weighted by atomic mass is 9.76. The molecule has 1 fully saturated rings. The summed E-state index contributed by atoms with van der Waals surface area (Å²) in [4.78, 5) is 42.5. The molecule has 1 heterocycles. The molecule has 0 saturated carbocycles. The van der Waals surface area contributed by atoms with E-state index in [0.29, 0.717) is 11.4 Å². The molecule has 5 nitrogen and oxygen atoms in total. The molecule has 1 aliphatic rings. The van der Waals surface area contributed by atoms with Crippen LogP contribution in [0, 0.1) is 5.41 Å². The highest BCUT2D eigenvalue weighted by Crippen LogP contribution is 2.40. The number of carbonyl (C=O) groups is 3. The summed E-state index contributed by atoms with van der Waals surface area (Å²) in [5.74, 6) is -1.06. The van der Waals surface area contributed by atoms with Crippen molar-refractivity contribution in [3.8, 4) is 0 Å². The molecule has 3 rings (SSSR count). The van der Waals surface area contributed by atoms with Crippen LogP contribution in [0.4, 0.5) is 16.2 Å². The number of hydrogen-bond acceptors (Lipinski definition) is 3. The first-order valence-electron chi connectivity index (χ1n) is 9.12. The van der Waals surface area contributed by atoms with E-state index in [1.807, 2.05) is 6.92 Å². The van der Waals surface area contributed by atoms with Crippen molar-refractivity contribution in [2.45, 2.75) is 19.8 Å². The zero-order chi connectivity index (χ0) is 20.1. The van der Waals surface area contributed by atoms with E-state index in [1.54, 1.807) is 78.9 Å². The molecule has 0 bridgehead atoms. The number of imide groups is 2. The standard InChI is InChI=1S/C23H22N2O3/c1-3-5-17-23(16-4-2)20(26)24(18-12-8-6-9-13-18)22(28)25(21(23)27)19-14-10-7-11-15-19/h3-15H,2,16-17H2,1H3/b5-3+. The Balaban J connectivity index is 2.22. The molecule has 1 saturated heterocycles. The molecular weight excluding hydrogens is 352 g/mol. The van der Waals surface area contributed by atoms with Gasteiger partial charge in [-0.2, -0.15) is 0 Å². The van der Waals surface area contributed by atoms with Gasteiger partial charge in [0.15, 0.2) is 0 Å². The second-order valence-electron chi connectivity index (χ2n) is 6.58. The van der Waals surface area contributed by atoms with Crippen LogP contribution < -0.4 is 9.80 Å². The van der Waals surface area contributed by atoms with E-state index in [0.717, 1.165) is 9.80 Å². The maximum atomic E-state index is 13.5. The largest absolute Gasteiger partial charge is 0.342 e. The van der Waals surface area contributed by atoms with Crippen molar-refractivity contribution >= 4 is 29.2 Å². The third-order valence-electron chi connectivity index (χ3n) is 4.83. The number of rotatable bonds is 6. The number of urea groups is 1. The van der Waals surface area contributed by atoms with Gasteiger partial charge in [0, 0.05) is 0 Å². The monoisotopic (exact) mass is 374 g/mol. The van der Waals surface area contributed by atoms with E-state index in [-0.39, 0.29) is 12.8 Å². The number of amides is 4. The van der Waals surface area contributed by atoms with Gasteiger partial charge in [-0.05, 0) is 44.0 Å². The maximum Gasteiger partial charge on any atom is 0.342 e. The molecule has 0 spiro atoms. The molecule has 2 aromatic rings. The zero-order valence-corrected chi connectivity index (χ0v) is 15.7. The second-order valence-corrected chi connectivity index (χ2v) is 6.58. The van der Waals surface area contributed by atoms with Crippen molar-refractivity contribution in [2.24, 2.45) is 5.41 Å². The highest BCUT2D eigenvalue weighted by atomic mass is 16.2. The van der Waals surface area contributed by atoms with Crippen LogP contribution in [0.25, 0.3) is 0 Å². The molecule has 0 aliphatic carbocycles. The molecule has 0 atom stereocenters. The van der Waals surface area contributed by atoms with E-state index in [1.165, 1.54) is 0 Å². The molecule has 0 aromatic heterocycles. The molecule has 4 amide bonds. The summed E-state index contributed by atoms with van der Waals surface area (Å²) in [6, 6.07) is 16.7. The van der Waals surface area contributed by atoms with Crippen molar-refractivity contribution in [1.29, 1.82) is 0 Å². The minimum atomic E-state index is -1.42. The zero-order valence-electron chi connectivity index (χ0n) is 15.7. The van der Waals surface area contributed by atoms with Gasteiger partial charge in [-0.25, -0.2) is 14.6 Å². The Hall–Kier alpha value is -3.47. The van der Waals surface area contributed by atoms with Crippen LogP contribution in [0.5, 0.6) is 0 Å². The van der Waals surface area contributed by atoms with Crippen LogP contribution in [-0.2, 0) is 9.59 Å². The first-order valence-corrected chi connectivity index (χ1v) is 9.12.